The molecular formula is C16H22N2O. The highest BCUT2D eigenvalue weighted by Crippen LogP contribution is 2.23. The predicted molar refractivity (Wildman–Crippen MR) is 79.5 cm³/mol. The molecule has 19 heavy (non-hydrogen) atoms. The van der Waals surface area contributed by atoms with Crippen LogP contribution in [0.2, 0.25) is 0 Å². The van der Waals surface area contributed by atoms with Gasteiger partial charge in [0, 0.05) is 19.3 Å². The zero-order chi connectivity index (χ0) is 13.8. The molecule has 0 saturated heterocycles. The van der Waals surface area contributed by atoms with Crippen LogP contribution in [0.25, 0.3) is 0 Å². The zero-order valence-corrected chi connectivity index (χ0v) is 12.2. The summed E-state index contributed by atoms with van der Waals surface area (Å²) in [7, 11) is 4.07. The molecule has 102 valence electrons. The van der Waals surface area contributed by atoms with Crippen molar-refractivity contribution in [1.82, 2.24) is 5.32 Å². The van der Waals surface area contributed by atoms with E-state index < -0.39 is 0 Å². The summed E-state index contributed by atoms with van der Waals surface area (Å²) in [6.07, 6.45) is 0. The van der Waals surface area contributed by atoms with Gasteiger partial charge < -0.3 is 14.6 Å². The lowest BCUT2D eigenvalue weighted by Gasteiger charge is -2.22. The summed E-state index contributed by atoms with van der Waals surface area (Å²) in [4.78, 5) is 2.23. The number of nitrogens with zero attached hydrogens (tertiary/aromatic N) is 1. The summed E-state index contributed by atoms with van der Waals surface area (Å²) in [6.45, 7) is 5.76. The Hall–Kier alpha value is -1.74. The Labute approximate surface area is 115 Å². The lowest BCUT2D eigenvalue weighted by molar-refractivity contribution is 0.481. The average Bonchev–Trinajstić information content (AvgIpc) is 2.75. The SMILES string of the molecule is CNCc1cc(C)ccc1N(C)Cc1ccc(C)o1. The van der Waals surface area contributed by atoms with E-state index in [1.54, 1.807) is 0 Å². The predicted octanol–water partition coefficient (Wildman–Crippen LogP) is 3.25. The number of hydrogen-bond acceptors (Lipinski definition) is 3. The molecule has 0 aliphatic heterocycles. The van der Waals surface area contributed by atoms with Gasteiger partial charge in [-0.1, -0.05) is 17.7 Å². The van der Waals surface area contributed by atoms with Crippen LogP contribution < -0.4 is 10.2 Å². The van der Waals surface area contributed by atoms with Crippen molar-refractivity contribution in [3.63, 3.8) is 0 Å². The number of benzene rings is 1. The molecule has 0 spiro atoms. The molecule has 1 heterocycles. The Morgan fingerprint density at radius 2 is 1.95 bits per heavy atom. The Balaban J connectivity index is 2.20. The molecule has 0 bridgehead atoms. The number of anilines is 1. The van der Waals surface area contributed by atoms with Crippen LogP contribution in [0, 0.1) is 13.8 Å². The zero-order valence-electron chi connectivity index (χ0n) is 12.2. The third-order valence-corrected chi connectivity index (χ3v) is 3.20. The number of rotatable bonds is 5. The maximum atomic E-state index is 5.64. The molecule has 1 aromatic heterocycles. The molecule has 0 unspecified atom stereocenters. The van der Waals surface area contributed by atoms with Crippen molar-refractivity contribution >= 4 is 5.69 Å². The van der Waals surface area contributed by atoms with Gasteiger partial charge >= 0.3 is 0 Å². The molecule has 0 fully saturated rings. The van der Waals surface area contributed by atoms with Gasteiger partial charge in [-0.3, -0.25) is 0 Å². The van der Waals surface area contributed by atoms with Crippen molar-refractivity contribution in [2.75, 3.05) is 19.0 Å². The normalized spacial score (nSPS) is 10.7. The Bertz CT molecular complexity index is 545. The van der Waals surface area contributed by atoms with Crippen LogP contribution in [0.4, 0.5) is 5.69 Å². The van der Waals surface area contributed by atoms with E-state index >= 15 is 0 Å². The van der Waals surface area contributed by atoms with Crippen LogP contribution in [0.15, 0.2) is 34.7 Å². The average molecular weight is 258 g/mol. The molecule has 0 amide bonds. The number of hydrogen-bond donors (Lipinski definition) is 1. The Kier molecular flexibility index (Phi) is 4.27. The van der Waals surface area contributed by atoms with E-state index in [4.69, 9.17) is 4.42 Å². The maximum absolute atomic E-state index is 5.64. The summed E-state index contributed by atoms with van der Waals surface area (Å²) in [5.41, 5.74) is 3.85. The third kappa shape index (κ3) is 3.38. The maximum Gasteiger partial charge on any atom is 0.123 e. The van der Waals surface area contributed by atoms with Crippen molar-refractivity contribution in [2.24, 2.45) is 0 Å². The highest BCUT2D eigenvalue weighted by atomic mass is 16.3. The highest BCUT2D eigenvalue weighted by Gasteiger charge is 2.09. The van der Waals surface area contributed by atoms with Gasteiger partial charge in [-0.15, -0.1) is 0 Å². The minimum atomic E-state index is 0.785. The van der Waals surface area contributed by atoms with Crippen molar-refractivity contribution in [1.29, 1.82) is 0 Å². The second-order valence-corrected chi connectivity index (χ2v) is 5.03. The largest absolute Gasteiger partial charge is 0.464 e. The smallest absolute Gasteiger partial charge is 0.123 e. The molecule has 0 radical (unpaired) electrons. The topological polar surface area (TPSA) is 28.4 Å². The van der Waals surface area contributed by atoms with Gasteiger partial charge in [-0.05, 0) is 44.7 Å². The van der Waals surface area contributed by atoms with Gasteiger partial charge in [0.1, 0.15) is 11.5 Å². The third-order valence-electron chi connectivity index (χ3n) is 3.20. The second kappa shape index (κ2) is 5.93. The first-order chi connectivity index (χ1) is 9.10. The monoisotopic (exact) mass is 258 g/mol. The van der Waals surface area contributed by atoms with Crippen LogP contribution in [0.1, 0.15) is 22.6 Å². The van der Waals surface area contributed by atoms with E-state index in [-0.39, 0.29) is 0 Å². The molecule has 0 aliphatic carbocycles. The van der Waals surface area contributed by atoms with Gasteiger partial charge in [0.25, 0.3) is 0 Å². The van der Waals surface area contributed by atoms with E-state index in [1.165, 1.54) is 16.8 Å². The fourth-order valence-corrected chi connectivity index (χ4v) is 2.31. The summed E-state index contributed by atoms with van der Waals surface area (Å²) >= 11 is 0. The van der Waals surface area contributed by atoms with E-state index in [0.29, 0.717) is 0 Å². The molecular weight excluding hydrogens is 236 g/mol. The van der Waals surface area contributed by atoms with Crippen LogP contribution in [0.3, 0.4) is 0 Å². The number of aryl methyl sites for hydroxylation is 2. The van der Waals surface area contributed by atoms with Crippen molar-refractivity contribution < 1.29 is 4.42 Å². The Morgan fingerprint density at radius 1 is 1.16 bits per heavy atom. The standard InChI is InChI=1S/C16H22N2O/c1-12-5-8-16(14(9-12)10-17-3)18(4)11-15-7-6-13(2)19-15/h5-9,17H,10-11H2,1-4H3. The summed E-state index contributed by atoms with van der Waals surface area (Å²) in [6, 6.07) is 10.6. The van der Waals surface area contributed by atoms with Crippen LogP contribution in [0.5, 0.6) is 0 Å². The quantitative estimate of drug-likeness (QED) is 0.892. The van der Waals surface area contributed by atoms with Gasteiger partial charge in [-0.2, -0.15) is 0 Å². The molecule has 3 nitrogen and oxygen atoms in total. The molecule has 0 atom stereocenters. The van der Waals surface area contributed by atoms with Gasteiger partial charge in [0.05, 0.1) is 6.54 Å². The molecule has 1 N–H and O–H groups in total. The van der Waals surface area contributed by atoms with Crippen molar-refractivity contribution in [2.45, 2.75) is 26.9 Å². The minimum Gasteiger partial charge on any atom is -0.464 e. The summed E-state index contributed by atoms with van der Waals surface area (Å²) in [5, 5.41) is 3.22. The second-order valence-electron chi connectivity index (χ2n) is 5.03. The Morgan fingerprint density at radius 3 is 2.58 bits per heavy atom. The molecule has 3 heteroatoms. The van der Waals surface area contributed by atoms with E-state index in [0.717, 1.165) is 24.6 Å². The first-order valence-electron chi connectivity index (χ1n) is 6.60. The lowest BCUT2D eigenvalue weighted by Crippen LogP contribution is -2.19. The van der Waals surface area contributed by atoms with E-state index in [2.05, 4.69) is 42.4 Å². The first-order valence-corrected chi connectivity index (χ1v) is 6.60. The molecule has 2 aromatic rings. The fraction of sp³-hybridized carbons (Fsp3) is 0.375. The fourth-order valence-electron chi connectivity index (χ4n) is 2.31. The molecule has 0 saturated carbocycles. The summed E-state index contributed by atoms with van der Waals surface area (Å²) in [5.74, 6) is 1.96. The van der Waals surface area contributed by atoms with Gasteiger partial charge in [0.15, 0.2) is 0 Å². The summed E-state index contributed by atoms with van der Waals surface area (Å²) < 4.78 is 5.64. The molecule has 2 rings (SSSR count). The van der Waals surface area contributed by atoms with Crippen LogP contribution in [-0.2, 0) is 13.1 Å². The lowest BCUT2D eigenvalue weighted by atomic mass is 10.1. The first kappa shape index (κ1) is 13.7. The highest BCUT2D eigenvalue weighted by molar-refractivity contribution is 5.54. The number of furan rings is 1. The van der Waals surface area contributed by atoms with Gasteiger partial charge in [0.2, 0.25) is 0 Å². The minimum absolute atomic E-state index is 0.785. The molecule has 0 aliphatic rings. The van der Waals surface area contributed by atoms with Crippen LogP contribution >= 0.6 is 0 Å². The number of nitrogens with one attached hydrogen (secondary N) is 1. The molecule has 1 aromatic carbocycles. The van der Waals surface area contributed by atoms with Gasteiger partial charge in [-0.25, -0.2) is 0 Å². The van der Waals surface area contributed by atoms with E-state index in [9.17, 15) is 0 Å². The van der Waals surface area contributed by atoms with Crippen LogP contribution in [-0.4, -0.2) is 14.1 Å². The van der Waals surface area contributed by atoms with Crippen molar-refractivity contribution in [3.05, 3.63) is 53.0 Å². The van der Waals surface area contributed by atoms with Crippen molar-refractivity contribution in [3.8, 4) is 0 Å². The van der Waals surface area contributed by atoms with E-state index in [1.807, 2.05) is 26.1 Å².